The monoisotopic (exact) mass is 297 g/mol. The molecular weight excluding hydrogens is 274 g/mol. The third kappa shape index (κ3) is 5.12. The molecule has 1 saturated heterocycles. The molecule has 2 atom stereocenters. The van der Waals surface area contributed by atoms with E-state index >= 15 is 0 Å². The number of nitrogens with zero attached hydrogens (tertiary/aromatic N) is 1. The summed E-state index contributed by atoms with van der Waals surface area (Å²) in [5, 5.41) is 6.41. The maximum absolute atomic E-state index is 12.0. The number of piperazine rings is 1. The van der Waals surface area contributed by atoms with Crippen LogP contribution in [0.1, 0.15) is 19.4 Å². The summed E-state index contributed by atoms with van der Waals surface area (Å²) in [5.41, 5.74) is 2.06. The smallest absolute Gasteiger partial charge is 0.238 e. The maximum Gasteiger partial charge on any atom is 0.238 e. The van der Waals surface area contributed by atoms with Crippen LogP contribution in [0, 0.1) is 6.92 Å². The quantitative estimate of drug-likeness (QED) is 0.897. The van der Waals surface area contributed by atoms with Crippen LogP contribution < -0.4 is 10.6 Å². The Labute approximate surface area is 127 Å². The highest BCUT2D eigenvalue weighted by atomic mass is 35.5. The van der Waals surface area contributed by atoms with Crippen molar-refractivity contribution in [2.75, 3.05) is 25.0 Å². The largest absolute Gasteiger partial charge is 0.325 e. The first-order valence-electron chi connectivity index (χ1n) is 6.88. The van der Waals surface area contributed by atoms with Gasteiger partial charge in [-0.05, 0) is 32.9 Å². The molecule has 1 aliphatic rings. The van der Waals surface area contributed by atoms with Gasteiger partial charge >= 0.3 is 0 Å². The molecule has 2 rings (SSSR count). The molecule has 2 N–H and O–H groups in total. The first kappa shape index (κ1) is 17.0. The van der Waals surface area contributed by atoms with Crippen LogP contribution in [0.5, 0.6) is 0 Å². The van der Waals surface area contributed by atoms with Gasteiger partial charge in [-0.2, -0.15) is 0 Å². The number of hydrogen-bond acceptors (Lipinski definition) is 3. The summed E-state index contributed by atoms with van der Waals surface area (Å²) in [6.45, 7) is 8.65. The second kappa shape index (κ2) is 7.62. The summed E-state index contributed by atoms with van der Waals surface area (Å²) < 4.78 is 0. The Morgan fingerprint density at radius 2 is 1.80 bits per heavy atom. The number of aryl methyl sites for hydroxylation is 1. The van der Waals surface area contributed by atoms with Crippen LogP contribution >= 0.6 is 12.4 Å². The van der Waals surface area contributed by atoms with Crippen molar-refractivity contribution in [3.05, 3.63) is 29.8 Å². The summed E-state index contributed by atoms with van der Waals surface area (Å²) in [6, 6.07) is 8.77. The summed E-state index contributed by atoms with van der Waals surface area (Å²) in [5.74, 6) is 0.0603. The third-order valence-electron chi connectivity index (χ3n) is 3.34. The van der Waals surface area contributed by atoms with Gasteiger partial charge in [-0.25, -0.2) is 0 Å². The van der Waals surface area contributed by atoms with Gasteiger partial charge in [0.15, 0.2) is 0 Å². The summed E-state index contributed by atoms with van der Waals surface area (Å²) in [6.07, 6.45) is 0. The lowest BCUT2D eigenvalue weighted by atomic mass is 10.1. The normalized spacial score (nSPS) is 22.9. The van der Waals surface area contributed by atoms with Crippen LogP contribution in [0.4, 0.5) is 5.69 Å². The summed E-state index contributed by atoms with van der Waals surface area (Å²) >= 11 is 0. The molecule has 0 saturated carbocycles. The predicted octanol–water partition coefficient (Wildman–Crippen LogP) is 2.04. The highest BCUT2D eigenvalue weighted by molar-refractivity contribution is 5.92. The Kier molecular flexibility index (Phi) is 6.46. The highest BCUT2D eigenvalue weighted by Crippen LogP contribution is 2.09. The van der Waals surface area contributed by atoms with E-state index in [0.717, 1.165) is 18.8 Å². The Hall–Kier alpha value is -1.10. The van der Waals surface area contributed by atoms with Gasteiger partial charge in [0.05, 0.1) is 6.54 Å². The lowest BCUT2D eigenvalue weighted by Gasteiger charge is -2.35. The van der Waals surface area contributed by atoms with Gasteiger partial charge in [-0.15, -0.1) is 12.4 Å². The third-order valence-corrected chi connectivity index (χ3v) is 3.34. The molecule has 0 radical (unpaired) electrons. The van der Waals surface area contributed by atoms with E-state index in [-0.39, 0.29) is 18.3 Å². The number of hydrogen-bond donors (Lipinski definition) is 2. The molecule has 112 valence electrons. The molecule has 5 heteroatoms. The SMILES string of the molecule is Cc1ccc(NC(=O)CN2CC(C)NC(C)C2)cc1.Cl. The van der Waals surface area contributed by atoms with Crippen molar-refractivity contribution in [1.82, 2.24) is 10.2 Å². The van der Waals surface area contributed by atoms with E-state index in [4.69, 9.17) is 0 Å². The number of carbonyl (C=O) groups is 1. The molecule has 0 aliphatic carbocycles. The molecule has 1 aromatic rings. The second-order valence-electron chi connectivity index (χ2n) is 5.58. The minimum absolute atomic E-state index is 0. The molecule has 0 bridgehead atoms. The fourth-order valence-electron chi connectivity index (χ4n) is 2.61. The molecule has 20 heavy (non-hydrogen) atoms. The van der Waals surface area contributed by atoms with E-state index in [1.165, 1.54) is 5.56 Å². The van der Waals surface area contributed by atoms with E-state index in [1.54, 1.807) is 0 Å². The van der Waals surface area contributed by atoms with Crippen LogP contribution in [-0.2, 0) is 4.79 Å². The van der Waals surface area contributed by atoms with Crippen molar-refractivity contribution < 1.29 is 4.79 Å². The maximum atomic E-state index is 12.0. The number of halogens is 1. The van der Waals surface area contributed by atoms with Crippen molar-refractivity contribution in [2.24, 2.45) is 0 Å². The number of amides is 1. The van der Waals surface area contributed by atoms with Crippen LogP contribution in [-0.4, -0.2) is 42.5 Å². The minimum atomic E-state index is 0. The van der Waals surface area contributed by atoms with Crippen molar-refractivity contribution in [2.45, 2.75) is 32.9 Å². The van der Waals surface area contributed by atoms with Crippen molar-refractivity contribution >= 4 is 24.0 Å². The number of rotatable bonds is 3. The molecule has 4 nitrogen and oxygen atoms in total. The van der Waals surface area contributed by atoms with E-state index in [9.17, 15) is 4.79 Å². The molecule has 2 unspecified atom stereocenters. The first-order chi connectivity index (χ1) is 9.02. The number of nitrogens with one attached hydrogen (secondary N) is 2. The van der Waals surface area contributed by atoms with Crippen LogP contribution in [0.2, 0.25) is 0 Å². The van der Waals surface area contributed by atoms with Gasteiger partial charge in [-0.3, -0.25) is 9.69 Å². The molecule has 1 aliphatic heterocycles. The Morgan fingerprint density at radius 1 is 1.25 bits per heavy atom. The average molecular weight is 298 g/mol. The van der Waals surface area contributed by atoms with E-state index < -0.39 is 0 Å². The van der Waals surface area contributed by atoms with Crippen LogP contribution in [0.3, 0.4) is 0 Å². The topological polar surface area (TPSA) is 44.4 Å². The number of benzene rings is 1. The van der Waals surface area contributed by atoms with Gasteiger partial charge < -0.3 is 10.6 Å². The molecule has 1 amide bonds. The van der Waals surface area contributed by atoms with E-state index in [2.05, 4.69) is 29.4 Å². The summed E-state index contributed by atoms with van der Waals surface area (Å²) in [7, 11) is 0. The zero-order valence-corrected chi connectivity index (χ0v) is 13.2. The van der Waals surface area contributed by atoms with Crippen LogP contribution in [0.25, 0.3) is 0 Å². The minimum Gasteiger partial charge on any atom is -0.325 e. The second-order valence-corrected chi connectivity index (χ2v) is 5.58. The standard InChI is InChI=1S/C15H23N3O.ClH/c1-11-4-6-14(7-5-11)17-15(19)10-18-8-12(2)16-13(3)9-18;/h4-7,12-13,16H,8-10H2,1-3H3,(H,17,19);1H. The van der Waals surface area contributed by atoms with Crippen molar-refractivity contribution in [1.29, 1.82) is 0 Å². The highest BCUT2D eigenvalue weighted by Gasteiger charge is 2.22. The Bertz CT molecular complexity index is 425. The molecule has 1 fully saturated rings. The Balaban J connectivity index is 0.00000200. The fourth-order valence-corrected chi connectivity index (χ4v) is 2.61. The van der Waals surface area contributed by atoms with Gasteiger partial charge in [0, 0.05) is 30.9 Å². The lowest BCUT2D eigenvalue weighted by molar-refractivity contribution is -0.117. The zero-order chi connectivity index (χ0) is 13.8. The number of carbonyl (C=O) groups excluding carboxylic acids is 1. The molecule has 0 spiro atoms. The van der Waals surface area contributed by atoms with E-state index in [1.807, 2.05) is 31.2 Å². The van der Waals surface area contributed by atoms with Crippen molar-refractivity contribution in [3.63, 3.8) is 0 Å². The number of anilines is 1. The zero-order valence-electron chi connectivity index (χ0n) is 12.3. The fraction of sp³-hybridized carbons (Fsp3) is 0.533. The average Bonchev–Trinajstić information content (AvgIpc) is 2.30. The summed E-state index contributed by atoms with van der Waals surface area (Å²) in [4.78, 5) is 14.2. The molecule has 0 aromatic heterocycles. The van der Waals surface area contributed by atoms with Gasteiger partial charge in [0.25, 0.3) is 0 Å². The predicted molar refractivity (Wildman–Crippen MR) is 85.6 cm³/mol. The first-order valence-corrected chi connectivity index (χ1v) is 6.88. The molecule has 1 heterocycles. The van der Waals surface area contributed by atoms with E-state index in [0.29, 0.717) is 18.6 Å². The van der Waals surface area contributed by atoms with Gasteiger partial charge in [0.1, 0.15) is 0 Å². The molecule has 1 aromatic carbocycles. The van der Waals surface area contributed by atoms with Crippen molar-refractivity contribution in [3.8, 4) is 0 Å². The Morgan fingerprint density at radius 3 is 2.35 bits per heavy atom. The molecular formula is C15H24ClN3O. The van der Waals surface area contributed by atoms with Crippen LogP contribution in [0.15, 0.2) is 24.3 Å². The van der Waals surface area contributed by atoms with Gasteiger partial charge in [0.2, 0.25) is 5.91 Å². The van der Waals surface area contributed by atoms with Gasteiger partial charge in [-0.1, -0.05) is 17.7 Å². The lowest BCUT2D eigenvalue weighted by Crippen LogP contribution is -2.55.